The lowest BCUT2D eigenvalue weighted by molar-refractivity contribution is 0.0543. The van der Waals surface area contributed by atoms with Crippen molar-refractivity contribution in [3.63, 3.8) is 0 Å². The maximum Gasteiger partial charge on any atom is 0.254 e. The highest BCUT2D eigenvalue weighted by atomic mass is 32.2. The van der Waals surface area contributed by atoms with Crippen molar-refractivity contribution in [3.8, 4) is 0 Å². The Labute approximate surface area is 245 Å². The Kier molecular flexibility index (Phi) is 10.5. The fourth-order valence-electron chi connectivity index (χ4n) is 5.89. The highest BCUT2D eigenvalue weighted by Gasteiger charge is 2.29. The lowest BCUT2D eigenvalue weighted by atomic mass is 9.99. The van der Waals surface area contributed by atoms with Crippen LogP contribution < -0.4 is 4.90 Å². The second-order valence-corrected chi connectivity index (χ2v) is 12.4. The van der Waals surface area contributed by atoms with Crippen molar-refractivity contribution in [2.75, 3.05) is 42.6 Å². The van der Waals surface area contributed by atoms with Gasteiger partial charge in [-0.15, -0.1) is 0 Å². The SMILES string of the molecule is CCCCCc1ccc(C(=O)N(Cc2ccc(N3CCSCC3)cc2)C2CCN(Cc3ccncc3)CC2)cc1. The van der Waals surface area contributed by atoms with Gasteiger partial charge in [0.25, 0.3) is 5.91 Å². The Balaban J connectivity index is 1.28. The van der Waals surface area contributed by atoms with Gasteiger partial charge in [-0.1, -0.05) is 44.0 Å². The number of carbonyl (C=O) groups excluding carboxylic acids is 1. The van der Waals surface area contributed by atoms with Crippen LogP contribution in [0.4, 0.5) is 5.69 Å². The van der Waals surface area contributed by atoms with E-state index in [-0.39, 0.29) is 11.9 Å². The van der Waals surface area contributed by atoms with Crippen LogP contribution in [-0.2, 0) is 19.5 Å². The molecule has 5 rings (SSSR count). The number of pyridine rings is 1. The first-order valence-electron chi connectivity index (χ1n) is 15.1. The van der Waals surface area contributed by atoms with Gasteiger partial charge in [0.15, 0.2) is 0 Å². The average molecular weight is 557 g/mol. The molecule has 5 nitrogen and oxygen atoms in total. The Morgan fingerprint density at radius 1 is 0.850 bits per heavy atom. The van der Waals surface area contributed by atoms with Gasteiger partial charge in [-0.3, -0.25) is 14.7 Å². The van der Waals surface area contributed by atoms with Gasteiger partial charge in [0, 0.05) is 80.5 Å². The fourth-order valence-corrected chi connectivity index (χ4v) is 6.79. The number of rotatable bonds is 11. The third-order valence-electron chi connectivity index (χ3n) is 8.35. The zero-order valence-electron chi connectivity index (χ0n) is 24.0. The van der Waals surface area contributed by atoms with Gasteiger partial charge in [-0.2, -0.15) is 11.8 Å². The summed E-state index contributed by atoms with van der Waals surface area (Å²) in [6.07, 6.45) is 10.5. The van der Waals surface area contributed by atoms with E-state index in [1.165, 1.54) is 53.1 Å². The average Bonchev–Trinajstić information content (AvgIpc) is 3.02. The van der Waals surface area contributed by atoms with Gasteiger partial charge >= 0.3 is 0 Å². The van der Waals surface area contributed by atoms with Gasteiger partial charge in [0.1, 0.15) is 0 Å². The molecule has 0 unspecified atom stereocenters. The molecule has 3 heterocycles. The molecule has 40 heavy (non-hydrogen) atoms. The molecule has 3 aromatic rings. The standard InChI is InChI=1S/C34H44N4OS/c1-2-3-4-5-28-6-10-31(11-7-28)34(39)38(27-29-8-12-32(13-9-29)37-22-24-40-25-23-37)33-16-20-36(21-17-33)26-30-14-18-35-19-15-30/h6-15,18-19,33H,2-5,16-17,20-27H2,1H3. The van der Waals surface area contributed by atoms with Crippen LogP contribution in [0.2, 0.25) is 0 Å². The van der Waals surface area contributed by atoms with Crippen LogP contribution in [0.25, 0.3) is 0 Å². The number of thioether (sulfide) groups is 1. The van der Waals surface area contributed by atoms with E-state index in [4.69, 9.17) is 0 Å². The molecular weight excluding hydrogens is 512 g/mol. The van der Waals surface area contributed by atoms with Crippen LogP contribution in [-0.4, -0.2) is 64.4 Å². The lowest BCUT2D eigenvalue weighted by Gasteiger charge is -2.39. The number of likely N-dealkylation sites (tertiary alicyclic amines) is 1. The number of anilines is 1. The third kappa shape index (κ3) is 7.88. The largest absolute Gasteiger partial charge is 0.370 e. The van der Waals surface area contributed by atoms with E-state index in [9.17, 15) is 4.79 Å². The summed E-state index contributed by atoms with van der Waals surface area (Å²) in [4.78, 5) is 25.3. The Morgan fingerprint density at radius 2 is 1.52 bits per heavy atom. The summed E-state index contributed by atoms with van der Waals surface area (Å²) in [5, 5.41) is 0. The summed E-state index contributed by atoms with van der Waals surface area (Å²) in [5.41, 5.74) is 5.94. The van der Waals surface area contributed by atoms with Crippen LogP contribution >= 0.6 is 11.8 Å². The Hall–Kier alpha value is -2.83. The molecule has 0 spiro atoms. The van der Waals surface area contributed by atoms with E-state index in [2.05, 4.69) is 75.1 Å². The van der Waals surface area contributed by atoms with Crippen LogP contribution in [0.3, 0.4) is 0 Å². The predicted molar refractivity (Wildman–Crippen MR) is 168 cm³/mol. The summed E-state index contributed by atoms with van der Waals surface area (Å²) in [6.45, 7) is 8.06. The molecule has 2 aromatic carbocycles. The maximum atomic E-state index is 14.0. The van der Waals surface area contributed by atoms with Crippen molar-refractivity contribution in [1.82, 2.24) is 14.8 Å². The normalized spacial score (nSPS) is 16.7. The summed E-state index contributed by atoms with van der Waals surface area (Å²) < 4.78 is 0. The number of aromatic nitrogens is 1. The van der Waals surface area contributed by atoms with Crippen LogP contribution in [0.1, 0.15) is 66.1 Å². The quantitative estimate of drug-likeness (QED) is 0.247. The van der Waals surface area contributed by atoms with Gasteiger partial charge < -0.3 is 9.80 Å². The number of piperidine rings is 1. The topological polar surface area (TPSA) is 39.7 Å². The number of nitrogens with zero attached hydrogens (tertiary/aromatic N) is 4. The highest BCUT2D eigenvalue weighted by molar-refractivity contribution is 7.99. The molecule has 0 bridgehead atoms. The number of amides is 1. The zero-order valence-corrected chi connectivity index (χ0v) is 24.8. The molecule has 0 aliphatic carbocycles. The summed E-state index contributed by atoms with van der Waals surface area (Å²) in [5.74, 6) is 2.55. The number of hydrogen-bond acceptors (Lipinski definition) is 5. The molecule has 2 aliphatic rings. The minimum Gasteiger partial charge on any atom is -0.370 e. The first kappa shape index (κ1) is 28.7. The van der Waals surface area contributed by atoms with Crippen molar-refractivity contribution < 1.29 is 4.79 Å². The van der Waals surface area contributed by atoms with Crippen LogP contribution in [0.15, 0.2) is 73.1 Å². The van der Waals surface area contributed by atoms with Gasteiger partial charge in [0.05, 0.1) is 0 Å². The Bertz CT molecular complexity index is 1170. The van der Waals surface area contributed by atoms with E-state index in [0.717, 1.165) is 57.5 Å². The second kappa shape index (κ2) is 14.7. The van der Waals surface area contributed by atoms with Gasteiger partial charge in [-0.25, -0.2) is 0 Å². The Morgan fingerprint density at radius 3 is 2.20 bits per heavy atom. The van der Waals surface area contributed by atoms with Crippen molar-refractivity contribution in [2.45, 2.75) is 64.6 Å². The van der Waals surface area contributed by atoms with Crippen molar-refractivity contribution >= 4 is 23.4 Å². The summed E-state index contributed by atoms with van der Waals surface area (Å²) in [7, 11) is 0. The molecule has 0 atom stereocenters. The first-order chi connectivity index (χ1) is 19.7. The number of aryl methyl sites for hydroxylation is 1. The molecule has 212 valence electrons. The first-order valence-corrected chi connectivity index (χ1v) is 16.3. The minimum atomic E-state index is 0.157. The number of carbonyl (C=O) groups is 1. The van der Waals surface area contributed by atoms with E-state index in [1.807, 2.05) is 36.3 Å². The van der Waals surface area contributed by atoms with Crippen molar-refractivity contribution in [2.24, 2.45) is 0 Å². The molecule has 2 aliphatic heterocycles. The van der Waals surface area contributed by atoms with Crippen molar-refractivity contribution in [3.05, 3.63) is 95.3 Å². The molecule has 0 radical (unpaired) electrons. The molecule has 1 aromatic heterocycles. The minimum absolute atomic E-state index is 0.157. The number of unbranched alkanes of at least 4 members (excludes halogenated alkanes) is 2. The molecule has 0 N–H and O–H groups in total. The molecule has 0 saturated carbocycles. The number of hydrogen-bond donors (Lipinski definition) is 0. The molecule has 2 fully saturated rings. The maximum absolute atomic E-state index is 14.0. The summed E-state index contributed by atoms with van der Waals surface area (Å²) in [6, 6.07) is 21.8. The van der Waals surface area contributed by atoms with Gasteiger partial charge in [0.2, 0.25) is 0 Å². The van der Waals surface area contributed by atoms with Crippen molar-refractivity contribution in [1.29, 1.82) is 0 Å². The smallest absolute Gasteiger partial charge is 0.254 e. The van der Waals surface area contributed by atoms with E-state index in [1.54, 1.807) is 0 Å². The lowest BCUT2D eigenvalue weighted by Crippen LogP contribution is -2.46. The van der Waals surface area contributed by atoms with Crippen LogP contribution in [0.5, 0.6) is 0 Å². The highest BCUT2D eigenvalue weighted by Crippen LogP contribution is 2.25. The molecule has 2 saturated heterocycles. The van der Waals surface area contributed by atoms with Gasteiger partial charge in [-0.05, 0) is 78.8 Å². The van der Waals surface area contributed by atoms with Crippen LogP contribution in [0, 0.1) is 0 Å². The summed E-state index contributed by atoms with van der Waals surface area (Å²) >= 11 is 2.04. The van der Waals surface area contributed by atoms with E-state index < -0.39 is 0 Å². The predicted octanol–water partition coefficient (Wildman–Crippen LogP) is 6.67. The second-order valence-electron chi connectivity index (χ2n) is 11.2. The zero-order chi connectivity index (χ0) is 27.6. The van der Waals surface area contributed by atoms with E-state index in [0.29, 0.717) is 6.54 Å². The van der Waals surface area contributed by atoms with E-state index >= 15 is 0 Å². The number of benzene rings is 2. The fraction of sp³-hybridized carbons (Fsp3) is 0.471. The monoisotopic (exact) mass is 556 g/mol. The molecule has 1 amide bonds. The molecular formula is C34H44N4OS. The molecule has 6 heteroatoms. The third-order valence-corrected chi connectivity index (χ3v) is 9.29.